The summed E-state index contributed by atoms with van der Waals surface area (Å²) in [6.45, 7) is 0. The van der Waals surface area contributed by atoms with Crippen LogP contribution in [0.15, 0.2) is 17.1 Å². The number of esters is 1. The van der Waals surface area contributed by atoms with Crippen molar-refractivity contribution in [3.63, 3.8) is 0 Å². The van der Waals surface area contributed by atoms with Crippen LogP contribution in [0.4, 0.5) is 13.2 Å². The summed E-state index contributed by atoms with van der Waals surface area (Å²) < 4.78 is 43.6. The fraction of sp³-hybridized carbons (Fsp3) is 0.455. The van der Waals surface area contributed by atoms with Crippen molar-refractivity contribution in [3.05, 3.63) is 28.2 Å². The van der Waals surface area contributed by atoms with Gasteiger partial charge in [0.2, 0.25) is 0 Å². The summed E-state index contributed by atoms with van der Waals surface area (Å²) in [4.78, 5) is 22.9. The molecule has 0 saturated heterocycles. The highest BCUT2D eigenvalue weighted by atomic mass is 19.4. The Morgan fingerprint density at radius 3 is 2.47 bits per heavy atom. The third-order valence-electron chi connectivity index (χ3n) is 3.15. The largest absolute Gasteiger partial charge is 0.507 e. The highest BCUT2D eigenvalue weighted by molar-refractivity contribution is 5.91. The molecule has 1 saturated carbocycles. The molecule has 1 heterocycles. The highest BCUT2D eigenvalue weighted by Gasteiger charge is 2.65. The Morgan fingerprint density at radius 2 is 2.05 bits per heavy atom. The molecule has 1 N–H and O–H groups in total. The van der Waals surface area contributed by atoms with Crippen LogP contribution in [0.25, 0.3) is 0 Å². The van der Waals surface area contributed by atoms with E-state index >= 15 is 0 Å². The van der Waals surface area contributed by atoms with E-state index in [2.05, 4.69) is 4.74 Å². The predicted octanol–water partition coefficient (Wildman–Crippen LogP) is 1.39. The number of rotatable bonds is 2. The molecule has 0 aromatic carbocycles. The van der Waals surface area contributed by atoms with E-state index in [9.17, 15) is 27.9 Å². The summed E-state index contributed by atoms with van der Waals surface area (Å²) in [6, 6.07) is 0.581. The molecule has 104 valence electrons. The number of nitrogens with zero attached hydrogens (tertiary/aromatic N) is 1. The van der Waals surface area contributed by atoms with Gasteiger partial charge in [0.05, 0.1) is 7.11 Å². The van der Waals surface area contributed by atoms with Crippen molar-refractivity contribution in [2.75, 3.05) is 7.11 Å². The molecule has 1 fully saturated rings. The van der Waals surface area contributed by atoms with Crippen molar-refractivity contribution in [2.24, 2.45) is 0 Å². The molecule has 0 radical (unpaired) electrons. The molecule has 0 spiro atoms. The van der Waals surface area contributed by atoms with Crippen LogP contribution < -0.4 is 5.56 Å². The molecular formula is C11H10F3NO4. The molecule has 5 nitrogen and oxygen atoms in total. The molecule has 0 aliphatic heterocycles. The van der Waals surface area contributed by atoms with Gasteiger partial charge in [0.15, 0.2) is 0 Å². The first kappa shape index (κ1) is 13.4. The van der Waals surface area contributed by atoms with Gasteiger partial charge in [-0.25, -0.2) is 4.79 Å². The van der Waals surface area contributed by atoms with Crippen LogP contribution in [0.5, 0.6) is 5.75 Å². The van der Waals surface area contributed by atoms with E-state index in [4.69, 9.17) is 0 Å². The van der Waals surface area contributed by atoms with Crippen LogP contribution in [0.2, 0.25) is 0 Å². The number of carbonyl (C=O) groups excluding carboxylic acids is 1. The molecule has 19 heavy (non-hydrogen) atoms. The lowest BCUT2D eigenvalue weighted by atomic mass is 10.2. The maximum atomic E-state index is 12.9. The first-order chi connectivity index (χ1) is 8.73. The lowest BCUT2D eigenvalue weighted by Gasteiger charge is -2.22. The van der Waals surface area contributed by atoms with E-state index in [-0.39, 0.29) is 12.8 Å². The Hall–Kier alpha value is -1.99. The van der Waals surface area contributed by atoms with Crippen molar-refractivity contribution in [1.82, 2.24) is 4.57 Å². The van der Waals surface area contributed by atoms with Gasteiger partial charge in [-0.05, 0) is 12.8 Å². The van der Waals surface area contributed by atoms with Crippen LogP contribution in [-0.4, -0.2) is 28.9 Å². The number of methoxy groups -OCH3 is 1. The fourth-order valence-corrected chi connectivity index (χ4v) is 1.90. The Morgan fingerprint density at radius 1 is 1.47 bits per heavy atom. The Bertz CT molecular complexity index is 587. The van der Waals surface area contributed by atoms with Gasteiger partial charge in [-0.15, -0.1) is 0 Å². The molecule has 8 heteroatoms. The zero-order chi connectivity index (χ0) is 14.4. The van der Waals surface area contributed by atoms with Gasteiger partial charge in [-0.3, -0.25) is 9.36 Å². The van der Waals surface area contributed by atoms with Gasteiger partial charge in [0.25, 0.3) is 5.56 Å². The number of ether oxygens (including phenoxy) is 1. The average molecular weight is 277 g/mol. The number of halogens is 3. The maximum Gasteiger partial charge on any atom is 0.412 e. The van der Waals surface area contributed by atoms with Crippen molar-refractivity contribution < 1.29 is 27.8 Å². The second-order valence-electron chi connectivity index (χ2n) is 4.30. The number of aromatic nitrogens is 1. The molecule has 0 unspecified atom stereocenters. The van der Waals surface area contributed by atoms with Gasteiger partial charge >= 0.3 is 12.1 Å². The van der Waals surface area contributed by atoms with E-state index in [0.717, 1.165) is 7.11 Å². The molecule has 1 aliphatic carbocycles. The zero-order valence-corrected chi connectivity index (χ0v) is 9.82. The molecule has 1 aliphatic rings. The topological polar surface area (TPSA) is 68.5 Å². The van der Waals surface area contributed by atoms with Crippen LogP contribution in [-0.2, 0) is 10.3 Å². The Balaban J connectivity index is 2.60. The first-order valence-corrected chi connectivity index (χ1v) is 5.34. The van der Waals surface area contributed by atoms with E-state index in [1.54, 1.807) is 0 Å². The molecule has 1 aromatic rings. The third kappa shape index (κ3) is 1.96. The molecule has 2 rings (SSSR count). The normalized spacial score (nSPS) is 17.1. The molecule has 0 amide bonds. The lowest BCUT2D eigenvalue weighted by Crippen LogP contribution is -2.41. The Kier molecular flexibility index (Phi) is 2.83. The zero-order valence-electron chi connectivity index (χ0n) is 9.82. The number of alkyl halides is 3. The molecule has 1 aromatic heterocycles. The minimum Gasteiger partial charge on any atom is -0.507 e. The second kappa shape index (κ2) is 4.01. The summed E-state index contributed by atoms with van der Waals surface area (Å²) in [5.41, 5.74) is -3.77. The second-order valence-corrected chi connectivity index (χ2v) is 4.30. The standard InChI is InChI=1S/C11H10F3NO4/c1-19-9(18)6-5-15(8(17)4-7(6)16)10(2-3-10)11(12,13)14/h4-5,16H,2-3H2,1H3. The quantitative estimate of drug-likeness (QED) is 0.829. The predicted molar refractivity (Wildman–Crippen MR) is 57.0 cm³/mol. The summed E-state index contributed by atoms with van der Waals surface area (Å²) in [7, 11) is 1.02. The molecule has 0 atom stereocenters. The van der Waals surface area contributed by atoms with E-state index < -0.39 is 34.6 Å². The van der Waals surface area contributed by atoms with Crippen molar-refractivity contribution >= 4 is 5.97 Å². The first-order valence-electron chi connectivity index (χ1n) is 5.34. The number of pyridine rings is 1. The van der Waals surface area contributed by atoms with Crippen LogP contribution in [0.1, 0.15) is 23.2 Å². The summed E-state index contributed by atoms with van der Waals surface area (Å²) in [6.07, 6.45) is -4.37. The van der Waals surface area contributed by atoms with Gasteiger partial charge in [0.1, 0.15) is 16.9 Å². The summed E-state index contributed by atoms with van der Waals surface area (Å²) in [5.74, 6) is -1.71. The molecular weight excluding hydrogens is 267 g/mol. The minimum atomic E-state index is -4.60. The monoisotopic (exact) mass is 277 g/mol. The highest BCUT2D eigenvalue weighted by Crippen LogP contribution is 2.54. The van der Waals surface area contributed by atoms with Gasteiger partial charge in [-0.1, -0.05) is 0 Å². The lowest BCUT2D eigenvalue weighted by molar-refractivity contribution is -0.180. The van der Waals surface area contributed by atoms with Crippen molar-refractivity contribution in [3.8, 4) is 5.75 Å². The van der Waals surface area contributed by atoms with Crippen LogP contribution in [0, 0.1) is 0 Å². The number of aromatic hydroxyl groups is 1. The minimum absolute atomic E-state index is 0.234. The maximum absolute atomic E-state index is 12.9. The Labute approximate surface area is 105 Å². The number of carbonyl (C=O) groups is 1. The van der Waals surface area contributed by atoms with E-state index in [0.29, 0.717) is 16.8 Å². The van der Waals surface area contributed by atoms with Gasteiger partial charge < -0.3 is 9.84 Å². The number of hydrogen-bond acceptors (Lipinski definition) is 4. The smallest absolute Gasteiger partial charge is 0.412 e. The fourth-order valence-electron chi connectivity index (χ4n) is 1.90. The summed E-state index contributed by atoms with van der Waals surface area (Å²) in [5, 5.41) is 9.41. The third-order valence-corrected chi connectivity index (χ3v) is 3.15. The van der Waals surface area contributed by atoms with E-state index in [1.165, 1.54) is 0 Å². The van der Waals surface area contributed by atoms with Gasteiger partial charge in [0, 0.05) is 12.3 Å². The van der Waals surface area contributed by atoms with Crippen molar-refractivity contribution in [1.29, 1.82) is 0 Å². The van der Waals surface area contributed by atoms with Gasteiger partial charge in [-0.2, -0.15) is 13.2 Å². The SMILES string of the molecule is COC(=O)c1cn(C2(C(F)(F)F)CC2)c(=O)cc1O. The summed E-state index contributed by atoms with van der Waals surface area (Å²) >= 11 is 0. The van der Waals surface area contributed by atoms with E-state index in [1.807, 2.05) is 0 Å². The molecule has 0 bridgehead atoms. The average Bonchev–Trinajstić information content (AvgIpc) is 3.08. The van der Waals surface area contributed by atoms with Crippen LogP contribution >= 0.6 is 0 Å². The van der Waals surface area contributed by atoms with Crippen molar-refractivity contribution in [2.45, 2.75) is 24.6 Å². The number of hydrogen-bond donors (Lipinski definition) is 1. The van der Waals surface area contributed by atoms with Crippen LogP contribution in [0.3, 0.4) is 0 Å².